The van der Waals surface area contributed by atoms with Crippen molar-refractivity contribution in [2.45, 2.75) is 51.1 Å². The third-order valence-corrected chi connectivity index (χ3v) is 5.06. The van der Waals surface area contributed by atoms with Crippen molar-refractivity contribution in [2.24, 2.45) is 23.7 Å². The average Bonchev–Trinajstić information content (AvgIpc) is 2.77. The molecule has 2 nitrogen and oxygen atoms in total. The standard InChI is InChI=1S/C12H18O2/c1-5-3-7-9-8-4-6(2)12(14-8)10(9)11(5)13-7/h5-12H,3-4H2,1-2H3. The predicted molar refractivity (Wildman–Crippen MR) is 51.9 cm³/mol. The number of hydrogen-bond acceptors (Lipinski definition) is 2. The Bertz CT molecular complexity index is 251. The van der Waals surface area contributed by atoms with Crippen LogP contribution >= 0.6 is 0 Å². The maximum Gasteiger partial charge on any atom is 0.0663 e. The number of ether oxygens (including phenoxy) is 2. The summed E-state index contributed by atoms with van der Waals surface area (Å²) in [5, 5.41) is 0. The van der Waals surface area contributed by atoms with Gasteiger partial charge in [0.1, 0.15) is 0 Å². The lowest BCUT2D eigenvalue weighted by Crippen LogP contribution is -2.41. The van der Waals surface area contributed by atoms with Crippen molar-refractivity contribution in [2.75, 3.05) is 0 Å². The molecule has 0 aromatic heterocycles. The molecule has 4 bridgehead atoms. The summed E-state index contributed by atoms with van der Waals surface area (Å²) < 4.78 is 12.2. The fourth-order valence-corrected chi connectivity index (χ4v) is 4.58. The van der Waals surface area contributed by atoms with E-state index in [9.17, 15) is 0 Å². The molecule has 4 rings (SSSR count). The minimum absolute atomic E-state index is 0.530. The van der Waals surface area contributed by atoms with E-state index in [4.69, 9.17) is 9.47 Å². The van der Waals surface area contributed by atoms with E-state index in [2.05, 4.69) is 13.8 Å². The molecule has 2 heteroatoms. The van der Waals surface area contributed by atoms with Crippen LogP contribution in [0, 0.1) is 23.7 Å². The molecule has 14 heavy (non-hydrogen) atoms. The molecule has 0 spiro atoms. The summed E-state index contributed by atoms with van der Waals surface area (Å²) in [4.78, 5) is 0. The van der Waals surface area contributed by atoms with Crippen molar-refractivity contribution in [3.05, 3.63) is 0 Å². The van der Waals surface area contributed by atoms with E-state index >= 15 is 0 Å². The van der Waals surface area contributed by atoms with E-state index in [-0.39, 0.29) is 0 Å². The number of fused-ring (bicyclic) bond motifs is 9. The summed E-state index contributed by atoms with van der Waals surface area (Å²) in [6.07, 6.45) is 4.72. The summed E-state index contributed by atoms with van der Waals surface area (Å²) in [6.45, 7) is 4.69. The second-order valence-corrected chi connectivity index (χ2v) is 5.86. The number of rotatable bonds is 0. The van der Waals surface area contributed by atoms with Gasteiger partial charge in [0, 0.05) is 11.8 Å². The van der Waals surface area contributed by atoms with Gasteiger partial charge in [-0.3, -0.25) is 0 Å². The predicted octanol–water partition coefficient (Wildman–Crippen LogP) is 1.83. The van der Waals surface area contributed by atoms with E-state index in [1.54, 1.807) is 0 Å². The van der Waals surface area contributed by atoms with Crippen LogP contribution in [0.1, 0.15) is 26.7 Å². The van der Waals surface area contributed by atoms with Crippen molar-refractivity contribution in [3.8, 4) is 0 Å². The molecule has 0 saturated carbocycles. The zero-order valence-electron chi connectivity index (χ0n) is 8.85. The molecule has 4 aliphatic rings. The third-order valence-electron chi connectivity index (χ3n) is 5.06. The van der Waals surface area contributed by atoms with E-state index in [0.29, 0.717) is 24.4 Å². The minimum Gasteiger partial charge on any atom is -0.374 e. The Labute approximate surface area is 85.0 Å². The van der Waals surface area contributed by atoms with Gasteiger partial charge in [-0.05, 0) is 24.7 Å². The summed E-state index contributed by atoms with van der Waals surface area (Å²) in [7, 11) is 0. The normalized spacial score (nSPS) is 69.0. The molecule has 0 aliphatic carbocycles. The minimum atomic E-state index is 0.530. The van der Waals surface area contributed by atoms with Gasteiger partial charge in [0.05, 0.1) is 24.4 Å². The van der Waals surface area contributed by atoms with E-state index in [1.165, 1.54) is 12.8 Å². The third kappa shape index (κ3) is 0.737. The lowest BCUT2D eigenvalue weighted by Gasteiger charge is -2.34. The number of hydrogen-bond donors (Lipinski definition) is 0. The zero-order chi connectivity index (χ0) is 9.45. The molecule has 0 amide bonds. The maximum atomic E-state index is 6.10. The van der Waals surface area contributed by atoms with Gasteiger partial charge < -0.3 is 9.47 Å². The average molecular weight is 194 g/mol. The first kappa shape index (κ1) is 8.12. The smallest absolute Gasteiger partial charge is 0.0663 e. The Morgan fingerprint density at radius 1 is 0.786 bits per heavy atom. The van der Waals surface area contributed by atoms with Crippen LogP contribution in [-0.4, -0.2) is 24.4 Å². The van der Waals surface area contributed by atoms with Gasteiger partial charge >= 0.3 is 0 Å². The summed E-state index contributed by atoms with van der Waals surface area (Å²) in [5.74, 6) is 3.06. The molecule has 4 fully saturated rings. The first-order valence-electron chi connectivity index (χ1n) is 6.06. The Hall–Kier alpha value is -0.0800. The van der Waals surface area contributed by atoms with Crippen LogP contribution in [0.4, 0.5) is 0 Å². The van der Waals surface area contributed by atoms with Gasteiger partial charge in [-0.1, -0.05) is 13.8 Å². The molecule has 0 aromatic carbocycles. The summed E-state index contributed by atoms with van der Waals surface area (Å²) >= 11 is 0. The first-order valence-corrected chi connectivity index (χ1v) is 6.06. The monoisotopic (exact) mass is 194 g/mol. The topological polar surface area (TPSA) is 18.5 Å². The van der Waals surface area contributed by atoms with Gasteiger partial charge in [-0.15, -0.1) is 0 Å². The van der Waals surface area contributed by atoms with Gasteiger partial charge in [0.2, 0.25) is 0 Å². The molecule has 78 valence electrons. The van der Waals surface area contributed by atoms with Crippen LogP contribution in [0.5, 0.6) is 0 Å². The quantitative estimate of drug-likeness (QED) is 0.585. The van der Waals surface area contributed by atoms with Crippen molar-refractivity contribution in [1.82, 2.24) is 0 Å². The van der Waals surface area contributed by atoms with Crippen LogP contribution in [0.2, 0.25) is 0 Å². The molecule has 0 radical (unpaired) electrons. The van der Waals surface area contributed by atoms with Crippen LogP contribution in [0.25, 0.3) is 0 Å². The van der Waals surface area contributed by atoms with E-state index < -0.39 is 0 Å². The van der Waals surface area contributed by atoms with Gasteiger partial charge in [0.25, 0.3) is 0 Å². The largest absolute Gasteiger partial charge is 0.374 e. The molecule has 6 atom stereocenters. The molecule has 4 saturated heterocycles. The lowest BCUT2D eigenvalue weighted by molar-refractivity contribution is -0.00266. The molecule has 4 aliphatic heterocycles. The highest BCUT2D eigenvalue weighted by molar-refractivity contribution is 5.12. The molecular weight excluding hydrogens is 176 g/mol. The van der Waals surface area contributed by atoms with Crippen molar-refractivity contribution in [1.29, 1.82) is 0 Å². The van der Waals surface area contributed by atoms with E-state index in [0.717, 1.165) is 23.7 Å². The fourth-order valence-electron chi connectivity index (χ4n) is 4.58. The van der Waals surface area contributed by atoms with Gasteiger partial charge in [-0.25, -0.2) is 0 Å². The highest BCUT2D eigenvalue weighted by Crippen LogP contribution is 2.59. The lowest BCUT2D eigenvalue weighted by atomic mass is 9.65. The second kappa shape index (κ2) is 2.35. The molecule has 0 N–H and O–H groups in total. The Kier molecular flexibility index (Phi) is 1.37. The SMILES string of the molecule is CC1CC2OC1C1C3OC(CC3C)C21. The van der Waals surface area contributed by atoms with Crippen LogP contribution in [0.3, 0.4) is 0 Å². The Balaban J connectivity index is 1.73. The van der Waals surface area contributed by atoms with E-state index in [1.807, 2.05) is 0 Å². The van der Waals surface area contributed by atoms with Crippen LogP contribution in [-0.2, 0) is 9.47 Å². The van der Waals surface area contributed by atoms with Crippen LogP contribution < -0.4 is 0 Å². The Morgan fingerprint density at radius 2 is 1.29 bits per heavy atom. The highest BCUT2D eigenvalue weighted by atomic mass is 16.5. The second-order valence-electron chi connectivity index (χ2n) is 5.86. The fraction of sp³-hybridized carbons (Fsp3) is 1.00. The van der Waals surface area contributed by atoms with Gasteiger partial charge in [0.15, 0.2) is 0 Å². The zero-order valence-corrected chi connectivity index (χ0v) is 8.85. The molecule has 4 heterocycles. The van der Waals surface area contributed by atoms with Crippen molar-refractivity contribution >= 4 is 0 Å². The first-order chi connectivity index (χ1) is 6.75. The Morgan fingerprint density at radius 3 is 1.79 bits per heavy atom. The summed E-state index contributed by atoms with van der Waals surface area (Å²) in [5.41, 5.74) is 0. The molecular formula is C12H18O2. The van der Waals surface area contributed by atoms with Gasteiger partial charge in [-0.2, -0.15) is 0 Å². The molecule has 6 unspecified atom stereocenters. The highest BCUT2D eigenvalue weighted by Gasteiger charge is 2.65. The van der Waals surface area contributed by atoms with Crippen molar-refractivity contribution < 1.29 is 9.47 Å². The van der Waals surface area contributed by atoms with Crippen LogP contribution in [0.15, 0.2) is 0 Å². The van der Waals surface area contributed by atoms with Crippen molar-refractivity contribution in [3.63, 3.8) is 0 Å². The maximum absolute atomic E-state index is 6.10. The summed E-state index contributed by atoms with van der Waals surface area (Å²) in [6, 6.07) is 0. The molecule has 0 aromatic rings.